The smallest absolute Gasteiger partial charge is 0.320 e. The summed E-state index contributed by atoms with van der Waals surface area (Å²) in [7, 11) is 0. The van der Waals surface area contributed by atoms with Gasteiger partial charge >= 0.3 is 13.7 Å². The molecule has 0 saturated heterocycles. The molecule has 28 heavy (non-hydrogen) atoms. The highest BCUT2D eigenvalue weighted by Crippen LogP contribution is 2.35. The van der Waals surface area contributed by atoms with Crippen molar-refractivity contribution < 1.29 is 0 Å². The number of hydrogen-bond donors (Lipinski definition) is 0. The minimum absolute atomic E-state index is 0.262. The number of benzene rings is 1. The molecular formula is C24H22B2N2. The van der Waals surface area contributed by atoms with Crippen molar-refractivity contribution in [3.63, 3.8) is 0 Å². The molecule has 1 aromatic rings. The molecule has 1 aromatic carbocycles. The molecule has 0 N–H and O–H groups in total. The molecule has 4 aliphatic heterocycles. The van der Waals surface area contributed by atoms with Gasteiger partial charge in [-0.2, -0.15) is 0 Å². The zero-order valence-electron chi connectivity index (χ0n) is 16.3. The van der Waals surface area contributed by atoms with E-state index in [4.69, 9.17) is 0 Å². The summed E-state index contributed by atoms with van der Waals surface area (Å²) in [6, 6.07) is 4.67. The molecule has 0 aromatic heterocycles. The van der Waals surface area contributed by atoms with Gasteiger partial charge in [-0.05, 0) is 96.2 Å². The third-order valence-corrected chi connectivity index (χ3v) is 5.85. The maximum absolute atomic E-state index is 2.34. The zero-order chi connectivity index (χ0) is 19.1. The van der Waals surface area contributed by atoms with Crippen molar-refractivity contribution in [1.82, 2.24) is 9.62 Å². The Labute approximate surface area is 168 Å². The monoisotopic (exact) mass is 360 g/mol. The summed E-state index contributed by atoms with van der Waals surface area (Å²) in [4.78, 5) is 4.55. The van der Waals surface area contributed by atoms with Crippen molar-refractivity contribution >= 4 is 24.6 Å². The van der Waals surface area contributed by atoms with Crippen LogP contribution in [0.3, 0.4) is 0 Å². The number of nitrogens with zero attached hydrogens (tertiary/aromatic N) is 2. The van der Waals surface area contributed by atoms with E-state index in [0.29, 0.717) is 0 Å². The van der Waals surface area contributed by atoms with Crippen LogP contribution in [0.25, 0.3) is 10.9 Å². The van der Waals surface area contributed by atoms with Crippen molar-refractivity contribution in [2.45, 2.75) is 13.8 Å². The molecular weight excluding hydrogens is 338 g/mol. The molecule has 4 aliphatic rings. The number of aryl methyl sites for hydroxylation is 1. The second-order valence-corrected chi connectivity index (χ2v) is 7.65. The van der Waals surface area contributed by atoms with Gasteiger partial charge in [-0.25, -0.2) is 0 Å². The maximum atomic E-state index is 2.34. The van der Waals surface area contributed by atoms with Crippen LogP contribution in [-0.2, 0) is 0 Å². The molecule has 0 unspecified atom stereocenters. The van der Waals surface area contributed by atoms with Crippen LogP contribution in [0.1, 0.15) is 22.3 Å². The van der Waals surface area contributed by atoms with E-state index in [0.717, 1.165) is 0 Å². The highest BCUT2D eigenvalue weighted by molar-refractivity contribution is 6.83. The van der Waals surface area contributed by atoms with Crippen LogP contribution >= 0.6 is 0 Å². The Morgan fingerprint density at radius 3 is 1.57 bits per heavy atom. The molecule has 0 aliphatic carbocycles. The van der Waals surface area contributed by atoms with Gasteiger partial charge in [-0.1, -0.05) is 48.4 Å². The van der Waals surface area contributed by atoms with Crippen molar-refractivity contribution in [1.29, 1.82) is 0 Å². The molecule has 0 bridgehead atoms. The quantitative estimate of drug-likeness (QED) is 0.683. The van der Waals surface area contributed by atoms with Gasteiger partial charge < -0.3 is 9.62 Å². The Morgan fingerprint density at radius 1 is 0.607 bits per heavy atom. The summed E-state index contributed by atoms with van der Waals surface area (Å²) in [5.74, 6) is 4.55. The number of fused-ring (bicyclic) bond motifs is 2. The van der Waals surface area contributed by atoms with E-state index in [9.17, 15) is 0 Å². The molecule has 5 rings (SSSR count). The van der Waals surface area contributed by atoms with Crippen molar-refractivity contribution in [2.75, 3.05) is 0 Å². The molecule has 0 atom stereocenters. The fourth-order valence-corrected chi connectivity index (χ4v) is 4.48. The van der Waals surface area contributed by atoms with Crippen LogP contribution in [-0.4, -0.2) is 23.3 Å². The molecule has 0 radical (unpaired) electrons. The first kappa shape index (κ1) is 17.0. The summed E-state index contributed by atoms with van der Waals surface area (Å²) in [6.45, 7) is 4.99. The van der Waals surface area contributed by atoms with Gasteiger partial charge in [0, 0.05) is 0 Å². The predicted molar refractivity (Wildman–Crippen MR) is 122 cm³/mol. The number of rotatable bonds is 2. The summed E-state index contributed by atoms with van der Waals surface area (Å²) >= 11 is 0. The molecule has 4 heterocycles. The minimum atomic E-state index is 0.262. The molecule has 0 fully saturated rings. The molecule has 0 amide bonds. The Kier molecular flexibility index (Phi) is 4.12. The van der Waals surface area contributed by atoms with E-state index in [1.807, 2.05) is 0 Å². The van der Waals surface area contributed by atoms with E-state index in [1.54, 1.807) is 0 Å². The van der Waals surface area contributed by atoms with Crippen LogP contribution in [0.15, 0.2) is 97.5 Å². The lowest BCUT2D eigenvalue weighted by Gasteiger charge is -2.32. The van der Waals surface area contributed by atoms with Crippen molar-refractivity contribution in [2.24, 2.45) is 0 Å². The van der Waals surface area contributed by atoms with Crippen LogP contribution in [0.5, 0.6) is 0 Å². The topological polar surface area (TPSA) is 6.48 Å². The Balaban J connectivity index is 1.62. The zero-order valence-corrected chi connectivity index (χ0v) is 16.3. The summed E-state index contributed by atoms with van der Waals surface area (Å²) in [5.41, 5.74) is 8.03. The van der Waals surface area contributed by atoms with Crippen molar-refractivity contribution in [3.05, 3.63) is 120 Å². The van der Waals surface area contributed by atoms with Crippen molar-refractivity contribution in [3.8, 4) is 0 Å². The minimum Gasteiger partial charge on any atom is -0.390 e. The average Bonchev–Trinajstić information content (AvgIpc) is 2.74. The lowest BCUT2D eigenvalue weighted by atomic mass is 9.48. The van der Waals surface area contributed by atoms with Gasteiger partial charge in [-0.3, -0.25) is 0 Å². The fraction of sp³-hybridized carbons (Fsp3) is 0.0833. The van der Waals surface area contributed by atoms with Crippen LogP contribution < -0.4 is 0 Å². The standard InChI is InChI=1S/C24H22B2N2/c1-19-17-21(23-9-7-15-27-13-5-3-11-25(23)27)20(2)22(18-19)24-10-8-16-28-14-6-4-12-26(24)28/h3-18H,1-2H3. The number of hydrogen-bond acceptors (Lipinski definition) is 2. The first-order valence-corrected chi connectivity index (χ1v) is 9.86. The molecule has 2 nitrogen and oxygen atoms in total. The van der Waals surface area contributed by atoms with Gasteiger partial charge in [0.05, 0.1) is 0 Å². The Morgan fingerprint density at radius 2 is 1.07 bits per heavy atom. The van der Waals surface area contributed by atoms with E-state index in [-0.39, 0.29) is 13.7 Å². The second-order valence-electron chi connectivity index (χ2n) is 7.65. The van der Waals surface area contributed by atoms with Crippen LogP contribution in [0.2, 0.25) is 0 Å². The highest BCUT2D eigenvalue weighted by Gasteiger charge is 2.30. The van der Waals surface area contributed by atoms with Crippen LogP contribution in [0, 0.1) is 13.8 Å². The Bertz CT molecular complexity index is 985. The first-order valence-electron chi connectivity index (χ1n) is 9.86. The molecule has 134 valence electrons. The van der Waals surface area contributed by atoms with Crippen LogP contribution in [0.4, 0.5) is 0 Å². The summed E-state index contributed by atoms with van der Waals surface area (Å²) < 4.78 is 0. The lowest BCUT2D eigenvalue weighted by Crippen LogP contribution is -2.35. The third-order valence-electron chi connectivity index (χ3n) is 5.85. The number of allylic oxidation sites excluding steroid dienone is 8. The third kappa shape index (κ3) is 2.77. The highest BCUT2D eigenvalue weighted by atomic mass is 15.0. The summed E-state index contributed by atoms with van der Waals surface area (Å²) in [5, 5.41) is 0. The SMILES string of the molecule is Cc1cc(C2=CC=CN3C=CC=CB23)c(C)c(C2=CC=CN3C=CC=CB23)c1. The maximum Gasteiger partial charge on any atom is 0.320 e. The molecule has 0 saturated carbocycles. The largest absolute Gasteiger partial charge is 0.390 e. The average molecular weight is 360 g/mol. The van der Waals surface area contributed by atoms with E-state index >= 15 is 0 Å². The van der Waals surface area contributed by atoms with Gasteiger partial charge in [0.1, 0.15) is 0 Å². The second kappa shape index (κ2) is 6.79. The summed E-state index contributed by atoms with van der Waals surface area (Å²) in [6.07, 6.45) is 25.9. The van der Waals surface area contributed by atoms with E-state index in [1.165, 1.54) is 33.2 Å². The first-order chi connectivity index (χ1) is 13.7. The fourth-order valence-electron chi connectivity index (χ4n) is 4.48. The predicted octanol–water partition coefficient (Wildman–Crippen LogP) is 5.04. The normalized spacial score (nSPS) is 19.1. The van der Waals surface area contributed by atoms with Gasteiger partial charge in [0.15, 0.2) is 0 Å². The van der Waals surface area contributed by atoms with Gasteiger partial charge in [0.2, 0.25) is 0 Å². The van der Waals surface area contributed by atoms with E-state index < -0.39 is 0 Å². The molecule has 0 spiro atoms. The Hall–Kier alpha value is -3.13. The van der Waals surface area contributed by atoms with Gasteiger partial charge in [0.25, 0.3) is 0 Å². The lowest BCUT2D eigenvalue weighted by molar-refractivity contribution is 0.792. The molecule has 4 heteroatoms. The van der Waals surface area contributed by atoms with E-state index in [2.05, 4.69) is 121 Å². The van der Waals surface area contributed by atoms with Gasteiger partial charge in [-0.15, -0.1) is 0 Å².